The maximum absolute atomic E-state index is 12.9. The number of hydrogen-bond donors (Lipinski definition) is 5. The van der Waals surface area contributed by atoms with Gasteiger partial charge in [0.15, 0.2) is 12.1 Å². The summed E-state index contributed by atoms with van der Waals surface area (Å²) in [5.41, 5.74) is 3.88. The van der Waals surface area contributed by atoms with Crippen molar-refractivity contribution in [3.63, 3.8) is 0 Å². The van der Waals surface area contributed by atoms with E-state index in [4.69, 9.17) is 9.47 Å². The lowest BCUT2D eigenvalue weighted by molar-refractivity contribution is -0.314. The molecule has 3 unspecified atom stereocenters. The van der Waals surface area contributed by atoms with Crippen molar-refractivity contribution in [3.05, 3.63) is 33.9 Å². The first-order chi connectivity index (χ1) is 13.2. The second-order valence-electron chi connectivity index (χ2n) is 7.64. The van der Waals surface area contributed by atoms with Crippen LogP contribution in [0.1, 0.15) is 45.6 Å². The molecule has 0 radical (unpaired) electrons. The van der Waals surface area contributed by atoms with E-state index in [2.05, 4.69) is 0 Å². The van der Waals surface area contributed by atoms with Gasteiger partial charge in [-0.15, -0.1) is 0 Å². The number of aryl methyl sites for hydroxylation is 1. The molecule has 0 saturated carbocycles. The Morgan fingerprint density at radius 1 is 1.11 bits per heavy atom. The largest absolute Gasteiger partial charge is 0.396 e. The van der Waals surface area contributed by atoms with Crippen molar-refractivity contribution in [3.8, 4) is 0 Å². The molecule has 1 aliphatic heterocycles. The maximum Gasteiger partial charge on any atom is 0.187 e. The van der Waals surface area contributed by atoms with Gasteiger partial charge < -0.3 is 35.0 Å². The number of ether oxygens (including phenoxy) is 2. The van der Waals surface area contributed by atoms with Gasteiger partial charge in [0.05, 0.1) is 18.6 Å². The third-order valence-electron chi connectivity index (χ3n) is 5.88. The van der Waals surface area contributed by atoms with E-state index in [1.165, 1.54) is 0 Å². The van der Waals surface area contributed by atoms with Crippen molar-refractivity contribution in [2.24, 2.45) is 5.92 Å². The molecule has 156 valence electrons. The fraction of sp³-hybridized carbons (Fsp3) is 0.650. The zero-order valence-corrected chi connectivity index (χ0v) is 16.2. The number of rotatable bonds is 5. The van der Waals surface area contributed by atoms with Crippen molar-refractivity contribution in [1.29, 1.82) is 0 Å². The summed E-state index contributed by atoms with van der Waals surface area (Å²) in [5, 5.41) is 48.8. The summed E-state index contributed by atoms with van der Waals surface area (Å²) in [6, 6.07) is 1.85. The zero-order valence-electron chi connectivity index (χ0n) is 16.2. The molecular weight excluding hydrogens is 368 g/mol. The summed E-state index contributed by atoms with van der Waals surface area (Å²) < 4.78 is 11.3. The summed E-state index contributed by atoms with van der Waals surface area (Å²) in [6.45, 7) is 4.89. The van der Waals surface area contributed by atoms with Crippen LogP contribution in [0.4, 0.5) is 0 Å². The van der Waals surface area contributed by atoms with Gasteiger partial charge in [-0.05, 0) is 42.5 Å². The first-order valence-electron chi connectivity index (χ1n) is 9.46. The molecule has 1 aromatic rings. The van der Waals surface area contributed by atoms with Crippen LogP contribution in [-0.2, 0) is 15.9 Å². The molecule has 8 nitrogen and oxygen atoms in total. The summed E-state index contributed by atoms with van der Waals surface area (Å²) >= 11 is 0. The van der Waals surface area contributed by atoms with Gasteiger partial charge in [-0.25, -0.2) is 0 Å². The van der Waals surface area contributed by atoms with Gasteiger partial charge in [-0.1, -0.05) is 13.0 Å². The van der Waals surface area contributed by atoms with Crippen molar-refractivity contribution < 1.29 is 39.8 Å². The number of aliphatic hydroxyl groups excluding tert-OH is 5. The number of Topliss-reactive ketones (excluding diaryl/α,β-unsaturated/α-hetero) is 1. The third-order valence-corrected chi connectivity index (χ3v) is 5.88. The first-order valence-corrected chi connectivity index (χ1v) is 9.46. The Morgan fingerprint density at radius 2 is 1.79 bits per heavy atom. The molecule has 8 heteroatoms. The fourth-order valence-corrected chi connectivity index (χ4v) is 4.25. The van der Waals surface area contributed by atoms with Crippen molar-refractivity contribution >= 4 is 5.78 Å². The fourth-order valence-electron chi connectivity index (χ4n) is 4.25. The highest BCUT2D eigenvalue weighted by Gasteiger charge is 2.48. The molecular formula is C20H28O8. The molecule has 3 rings (SSSR count). The average molecular weight is 396 g/mol. The SMILES string of the molecule is Cc1cc2c(c(C)c1CCO)C(=O)[C@H](C)[C@@H]2O[C@@H]1OC(CO)[C@@H](O)C(O)C1O. The van der Waals surface area contributed by atoms with Gasteiger partial charge in [-0.3, -0.25) is 4.79 Å². The van der Waals surface area contributed by atoms with Gasteiger partial charge in [0.2, 0.25) is 0 Å². The number of benzene rings is 1. The predicted molar refractivity (Wildman–Crippen MR) is 97.8 cm³/mol. The second-order valence-corrected chi connectivity index (χ2v) is 7.64. The number of hydrogen-bond acceptors (Lipinski definition) is 8. The number of fused-ring (bicyclic) bond motifs is 1. The van der Waals surface area contributed by atoms with E-state index in [9.17, 15) is 30.3 Å². The lowest BCUT2D eigenvalue weighted by atomic mass is 9.92. The molecule has 7 atom stereocenters. The smallest absolute Gasteiger partial charge is 0.187 e. The van der Waals surface area contributed by atoms with E-state index < -0.39 is 49.3 Å². The molecule has 0 bridgehead atoms. The van der Waals surface area contributed by atoms with Crippen LogP contribution in [0.3, 0.4) is 0 Å². The summed E-state index contributed by atoms with van der Waals surface area (Å²) in [7, 11) is 0. The Labute approximate surface area is 163 Å². The van der Waals surface area contributed by atoms with E-state index in [1.54, 1.807) is 6.92 Å². The van der Waals surface area contributed by atoms with Crippen LogP contribution in [0.15, 0.2) is 6.07 Å². The van der Waals surface area contributed by atoms with Crippen LogP contribution in [0.2, 0.25) is 0 Å². The zero-order chi connectivity index (χ0) is 20.7. The van der Waals surface area contributed by atoms with Crippen molar-refractivity contribution in [2.45, 2.75) is 64.0 Å². The second kappa shape index (κ2) is 8.16. The Balaban J connectivity index is 1.94. The summed E-state index contributed by atoms with van der Waals surface area (Å²) in [5.74, 6) is -0.633. The van der Waals surface area contributed by atoms with Crippen LogP contribution >= 0.6 is 0 Å². The minimum Gasteiger partial charge on any atom is -0.396 e. The van der Waals surface area contributed by atoms with Crippen LogP contribution < -0.4 is 0 Å². The van der Waals surface area contributed by atoms with Gasteiger partial charge >= 0.3 is 0 Å². The van der Waals surface area contributed by atoms with Gasteiger partial charge in [0.1, 0.15) is 24.4 Å². The first kappa shape index (κ1) is 21.3. The number of ketones is 1. The molecule has 0 aromatic heterocycles. The van der Waals surface area contributed by atoms with Crippen molar-refractivity contribution in [2.75, 3.05) is 13.2 Å². The molecule has 0 spiro atoms. The molecule has 1 heterocycles. The highest BCUT2D eigenvalue weighted by atomic mass is 16.7. The minimum atomic E-state index is -1.54. The molecule has 1 fully saturated rings. The standard InChI is InChI=1S/C20H28O8/c1-8-6-12-14(9(2)11(8)4-5-21)15(23)10(3)19(12)28-20-18(26)17(25)16(24)13(7-22)27-20/h6,10,13,16-22,24-26H,4-5,7H2,1-3H3/t10-,13?,16+,17?,18?,19-,20-/m0/s1. The third kappa shape index (κ3) is 3.39. The van der Waals surface area contributed by atoms with Crippen LogP contribution in [0.5, 0.6) is 0 Å². The average Bonchev–Trinajstić information content (AvgIpc) is 2.89. The minimum absolute atomic E-state index is 0.0188. The Kier molecular flexibility index (Phi) is 6.21. The molecule has 1 aliphatic carbocycles. The Bertz CT molecular complexity index is 746. The predicted octanol–water partition coefficient (Wildman–Crippen LogP) is -0.472. The maximum atomic E-state index is 12.9. The molecule has 0 amide bonds. The molecule has 1 saturated heterocycles. The van der Waals surface area contributed by atoms with E-state index in [-0.39, 0.29) is 12.4 Å². The topological polar surface area (TPSA) is 137 Å². The van der Waals surface area contributed by atoms with Crippen LogP contribution in [-0.4, -0.2) is 75.2 Å². The number of carbonyl (C=O) groups is 1. The lowest BCUT2D eigenvalue weighted by Gasteiger charge is -2.41. The Hall–Kier alpha value is -1.39. The normalized spacial score (nSPS) is 35.3. The number of aliphatic hydroxyl groups is 5. The van der Waals surface area contributed by atoms with E-state index in [1.807, 2.05) is 19.9 Å². The van der Waals surface area contributed by atoms with E-state index in [0.29, 0.717) is 17.5 Å². The molecule has 28 heavy (non-hydrogen) atoms. The summed E-state index contributed by atoms with van der Waals surface area (Å²) in [6.07, 6.45) is -7.18. The lowest BCUT2D eigenvalue weighted by Crippen LogP contribution is -2.59. The van der Waals surface area contributed by atoms with Crippen molar-refractivity contribution in [1.82, 2.24) is 0 Å². The van der Waals surface area contributed by atoms with Gasteiger partial charge in [0.25, 0.3) is 0 Å². The van der Waals surface area contributed by atoms with Gasteiger partial charge in [0, 0.05) is 12.2 Å². The molecule has 5 N–H and O–H groups in total. The highest BCUT2D eigenvalue weighted by Crippen LogP contribution is 2.43. The number of carbonyl (C=O) groups excluding carboxylic acids is 1. The monoisotopic (exact) mass is 396 g/mol. The Morgan fingerprint density at radius 3 is 2.39 bits per heavy atom. The molecule has 2 aliphatic rings. The van der Waals surface area contributed by atoms with Gasteiger partial charge in [-0.2, -0.15) is 0 Å². The van der Waals surface area contributed by atoms with E-state index >= 15 is 0 Å². The van der Waals surface area contributed by atoms with Crippen LogP contribution in [0.25, 0.3) is 0 Å². The highest BCUT2D eigenvalue weighted by molar-refractivity contribution is 6.04. The quantitative estimate of drug-likeness (QED) is 0.451. The van der Waals surface area contributed by atoms with Crippen LogP contribution in [0, 0.1) is 19.8 Å². The summed E-state index contributed by atoms with van der Waals surface area (Å²) in [4.78, 5) is 12.9. The van der Waals surface area contributed by atoms with E-state index in [0.717, 1.165) is 16.7 Å². The molecule has 1 aromatic carbocycles.